The third kappa shape index (κ3) is 2.67. The van der Waals surface area contributed by atoms with Gasteiger partial charge < -0.3 is 0 Å². The molecular weight excluding hydrogens is 209 g/mol. The number of hydrogen-bond acceptors (Lipinski definition) is 0. The minimum Gasteiger partial charge on any atom is -0.223 e. The summed E-state index contributed by atoms with van der Waals surface area (Å²) in [5.74, 6) is 0. The molecule has 1 aromatic rings. The van der Waals surface area contributed by atoms with Crippen LogP contribution < -0.4 is 0 Å². The summed E-state index contributed by atoms with van der Waals surface area (Å²) in [7, 11) is -0.932. The van der Waals surface area contributed by atoms with Crippen molar-refractivity contribution >= 4 is 10.0 Å². The van der Waals surface area contributed by atoms with Crippen molar-refractivity contribution in [2.75, 3.05) is 18.8 Å². The fourth-order valence-corrected chi connectivity index (χ4v) is 2.00. The third-order valence-corrected chi connectivity index (χ3v) is 3.58. The van der Waals surface area contributed by atoms with Gasteiger partial charge in [0.1, 0.15) is 0 Å². The predicted octanol–water partition coefficient (Wildman–Crippen LogP) is 3.76. The lowest BCUT2D eigenvalue weighted by Gasteiger charge is -2.25. The Kier molecular flexibility index (Phi) is 2.86. The highest BCUT2D eigenvalue weighted by molar-refractivity contribution is 8.32. The van der Waals surface area contributed by atoms with Crippen molar-refractivity contribution in [2.45, 2.75) is 11.1 Å². The average molecular weight is 222 g/mol. The molecule has 4 heteroatoms. The van der Waals surface area contributed by atoms with Gasteiger partial charge >= 0.3 is 6.18 Å². The first-order valence-electron chi connectivity index (χ1n) is 4.07. The van der Waals surface area contributed by atoms with E-state index < -0.39 is 21.8 Å². The number of halogens is 3. The van der Waals surface area contributed by atoms with Gasteiger partial charge in [-0.2, -0.15) is 13.2 Å². The van der Waals surface area contributed by atoms with Gasteiger partial charge in [-0.25, -0.2) is 10.0 Å². The van der Waals surface area contributed by atoms with E-state index in [-0.39, 0.29) is 0 Å². The summed E-state index contributed by atoms with van der Waals surface area (Å²) in [6, 6.07) is 5.43. The van der Waals surface area contributed by atoms with Crippen LogP contribution in [0.2, 0.25) is 0 Å². The van der Waals surface area contributed by atoms with E-state index in [1.807, 2.05) is 0 Å². The van der Waals surface area contributed by atoms with E-state index >= 15 is 0 Å². The molecule has 0 fully saturated rings. The molecular formula is C10H13F3S. The van der Waals surface area contributed by atoms with Crippen LogP contribution in [0.5, 0.6) is 0 Å². The Morgan fingerprint density at radius 3 is 1.64 bits per heavy atom. The summed E-state index contributed by atoms with van der Waals surface area (Å²) in [5, 5.41) is 0. The monoisotopic (exact) mass is 222 g/mol. The normalized spacial score (nSPS) is 14.1. The first-order valence-corrected chi connectivity index (χ1v) is 6.92. The van der Waals surface area contributed by atoms with Crippen molar-refractivity contribution in [1.82, 2.24) is 0 Å². The highest BCUT2D eigenvalue weighted by atomic mass is 32.3. The Bertz CT molecular complexity index is 273. The van der Waals surface area contributed by atoms with Gasteiger partial charge in [0.2, 0.25) is 0 Å². The van der Waals surface area contributed by atoms with Gasteiger partial charge in [0, 0.05) is 0 Å². The van der Waals surface area contributed by atoms with Crippen LogP contribution in [0.3, 0.4) is 0 Å². The van der Waals surface area contributed by atoms with Crippen LogP contribution in [-0.2, 0) is 6.18 Å². The lowest BCUT2D eigenvalue weighted by molar-refractivity contribution is -0.137. The number of benzene rings is 1. The van der Waals surface area contributed by atoms with Crippen molar-refractivity contribution in [3.8, 4) is 0 Å². The predicted molar refractivity (Wildman–Crippen MR) is 55.1 cm³/mol. The quantitative estimate of drug-likeness (QED) is 0.678. The summed E-state index contributed by atoms with van der Waals surface area (Å²) in [6.07, 6.45) is 1.92. The van der Waals surface area contributed by atoms with Crippen molar-refractivity contribution in [3.63, 3.8) is 0 Å². The summed E-state index contributed by atoms with van der Waals surface area (Å²) >= 11 is 0. The van der Waals surface area contributed by atoms with Crippen molar-refractivity contribution < 1.29 is 13.2 Å². The molecule has 0 heterocycles. The molecule has 1 aromatic carbocycles. The van der Waals surface area contributed by atoms with Crippen LogP contribution >= 0.6 is 10.0 Å². The standard InChI is InChI=1S/C10H13F3S/c1-14(2,3)9-6-4-8(5-7-9)10(11,12)13/h4-7H,1-3H3. The SMILES string of the molecule is CS(C)(C)c1ccc(C(F)(F)F)cc1. The van der Waals surface area contributed by atoms with Crippen LogP contribution in [0.1, 0.15) is 5.56 Å². The van der Waals surface area contributed by atoms with E-state index in [1.54, 1.807) is 12.1 Å². The number of rotatable bonds is 1. The lowest BCUT2D eigenvalue weighted by Crippen LogP contribution is -2.04. The van der Waals surface area contributed by atoms with Crippen molar-refractivity contribution in [2.24, 2.45) is 0 Å². The molecule has 0 aliphatic heterocycles. The largest absolute Gasteiger partial charge is 0.416 e. The van der Waals surface area contributed by atoms with E-state index in [0.717, 1.165) is 17.0 Å². The summed E-state index contributed by atoms with van der Waals surface area (Å²) < 4.78 is 36.7. The molecule has 0 nitrogen and oxygen atoms in total. The molecule has 0 spiro atoms. The zero-order valence-corrected chi connectivity index (χ0v) is 9.17. The lowest BCUT2D eigenvalue weighted by atomic mass is 10.2. The van der Waals surface area contributed by atoms with Gasteiger partial charge in [0.05, 0.1) is 5.56 Å². The molecule has 14 heavy (non-hydrogen) atoms. The molecule has 80 valence electrons. The number of hydrogen-bond donors (Lipinski definition) is 0. The first-order chi connectivity index (χ1) is 6.21. The maximum atomic E-state index is 12.2. The van der Waals surface area contributed by atoms with Gasteiger partial charge in [-0.15, -0.1) is 0 Å². The molecule has 0 radical (unpaired) electrons. The molecule has 0 saturated carbocycles. The topological polar surface area (TPSA) is 0 Å². The minimum absolute atomic E-state index is 0.579. The summed E-state index contributed by atoms with van der Waals surface area (Å²) in [4.78, 5) is 0.991. The minimum atomic E-state index is -4.23. The Morgan fingerprint density at radius 2 is 1.36 bits per heavy atom. The second-order valence-corrected chi connectivity index (χ2v) is 8.00. The van der Waals surface area contributed by atoms with E-state index in [2.05, 4.69) is 18.8 Å². The van der Waals surface area contributed by atoms with Gasteiger partial charge in [-0.3, -0.25) is 0 Å². The van der Waals surface area contributed by atoms with Gasteiger partial charge in [-0.1, -0.05) is 0 Å². The fourth-order valence-electron chi connectivity index (χ4n) is 1.05. The third-order valence-electron chi connectivity index (χ3n) is 1.89. The Morgan fingerprint density at radius 1 is 0.929 bits per heavy atom. The Balaban J connectivity index is 3.02. The van der Waals surface area contributed by atoms with Crippen LogP contribution in [0, 0.1) is 0 Å². The molecule has 0 aromatic heterocycles. The summed E-state index contributed by atoms with van der Waals surface area (Å²) in [6.45, 7) is 0. The van der Waals surface area contributed by atoms with Gasteiger partial charge in [0.25, 0.3) is 0 Å². The number of alkyl halides is 3. The Labute approximate surface area is 83.4 Å². The summed E-state index contributed by atoms with van der Waals surface area (Å²) in [5.41, 5.74) is -0.579. The van der Waals surface area contributed by atoms with Crippen molar-refractivity contribution in [1.29, 1.82) is 0 Å². The van der Waals surface area contributed by atoms with E-state index in [4.69, 9.17) is 0 Å². The van der Waals surface area contributed by atoms with E-state index in [9.17, 15) is 13.2 Å². The molecule has 0 bridgehead atoms. The molecule has 0 atom stereocenters. The first kappa shape index (κ1) is 11.4. The van der Waals surface area contributed by atoms with E-state index in [1.165, 1.54) is 0 Å². The second-order valence-electron chi connectivity index (χ2n) is 3.86. The smallest absolute Gasteiger partial charge is 0.223 e. The fraction of sp³-hybridized carbons (Fsp3) is 0.400. The molecule has 1 rings (SSSR count). The zero-order valence-electron chi connectivity index (χ0n) is 8.35. The van der Waals surface area contributed by atoms with Crippen LogP contribution in [0.25, 0.3) is 0 Å². The molecule has 0 unspecified atom stereocenters. The molecule has 0 aliphatic rings. The van der Waals surface area contributed by atoms with Crippen LogP contribution in [0.4, 0.5) is 13.2 Å². The van der Waals surface area contributed by atoms with Gasteiger partial charge in [-0.05, 0) is 47.9 Å². The van der Waals surface area contributed by atoms with Crippen LogP contribution in [0.15, 0.2) is 29.2 Å². The molecule has 0 N–H and O–H groups in total. The Hall–Kier alpha value is -0.640. The zero-order chi connectivity index (χ0) is 11.0. The highest BCUT2D eigenvalue weighted by Crippen LogP contribution is 2.45. The molecule has 0 saturated heterocycles. The second kappa shape index (κ2) is 3.50. The average Bonchev–Trinajstić information content (AvgIpc) is 2.01. The van der Waals surface area contributed by atoms with Crippen LogP contribution in [-0.4, -0.2) is 18.8 Å². The maximum Gasteiger partial charge on any atom is 0.416 e. The molecule has 0 aliphatic carbocycles. The highest BCUT2D eigenvalue weighted by Gasteiger charge is 2.30. The van der Waals surface area contributed by atoms with Crippen molar-refractivity contribution in [3.05, 3.63) is 29.8 Å². The maximum absolute atomic E-state index is 12.2. The molecule has 0 amide bonds. The van der Waals surface area contributed by atoms with E-state index in [0.29, 0.717) is 0 Å². The van der Waals surface area contributed by atoms with Gasteiger partial charge in [0.15, 0.2) is 0 Å².